The second kappa shape index (κ2) is 2.62. The van der Waals surface area contributed by atoms with E-state index in [-0.39, 0.29) is 11.6 Å². The normalized spacial score (nSPS) is 36.6. The molecule has 0 aromatic carbocycles. The smallest absolute Gasteiger partial charge is 0.315 e. The number of urea groups is 1. The number of amides is 2. The van der Waals surface area contributed by atoms with Crippen LogP contribution in [0.2, 0.25) is 0 Å². The van der Waals surface area contributed by atoms with Crippen molar-refractivity contribution >= 4 is 6.03 Å². The number of carbonyl (C=O) groups excluding carboxylic acids is 1. The van der Waals surface area contributed by atoms with E-state index in [0.717, 1.165) is 32.5 Å². The van der Waals surface area contributed by atoms with Gasteiger partial charge >= 0.3 is 6.03 Å². The molecular formula is C8H15N3O. The molecule has 68 valence electrons. The van der Waals surface area contributed by atoms with Gasteiger partial charge in [-0.25, -0.2) is 4.79 Å². The molecule has 2 fully saturated rings. The Labute approximate surface area is 72.3 Å². The molecular weight excluding hydrogens is 154 g/mol. The average molecular weight is 169 g/mol. The molecule has 0 bridgehead atoms. The van der Waals surface area contributed by atoms with E-state index in [9.17, 15) is 4.79 Å². The summed E-state index contributed by atoms with van der Waals surface area (Å²) in [5, 5.41) is 5.81. The minimum atomic E-state index is -0.00319. The third kappa shape index (κ3) is 1.27. The average Bonchev–Trinajstić information content (AvgIpc) is 2.32. The third-order valence-electron chi connectivity index (χ3n) is 2.81. The Morgan fingerprint density at radius 1 is 1.50 bits per heavy atom. The topological polar surface area (TPSA) is 44.4 Å². The Morgan fingerprint density at radius 2 is 2.33 bits per heavy atom. The van der Waals surface area contributed by atoms with Gasteiger partial charge in [0.25, 0.3) is 0 Å². The fraction of sp³-hybridized carbons (Fsp3) is 0.875. The highest BCUT2D eigenvalue weighted by Crippen LogP contribution is 2.24. The molecule has 0 radical (unpaired) electrons. The summed E-state index contributed by atoms with van der Waals surface area (Å²) in [4.78, 5) is 13.4. The highest BCUT2D eigenvalue weighted by atomic mass is 16.2. The van der Waals surface area contributed by atoms with Crippen LogP contribution >= 0.6 is 0 Å². The maximum absolute atomic E-state index is 11.1. The van der Waals surface area contributed by atoms with Crippen LogP contribution < -0.4 is 10.6 Å². The Morgan fingerprint density at radius 3 is 2.92 bits per heavy atom. The molecule has 2 aliphatic rings. The molecule has 0 aromatic rings. The van der Waals surface area contributed by atoms with Crippen LogP contribution in [0.1, 0.15) is 12.8 Å². The van der Waals surface area contributed by atoms with Crippen LogP contribution in [0.3, 0.4) is 0 Å². The van der Waals surface area contributed by atoms with Crippen molar-refractivity contribution < 1.29 is 4.79 Å². The number of hydrogen-bond acceptors (Lipinski definition) is 2. The van der Waals surface area contributed by atoms with Gasteiger partial charge in [0.05, 0.1) is 5.54 Å². The zero-order valence-corrected chi connectivity index (χ0v) is 7.39. The first-order valence-corrected chi connectivity index (χ1v) is 4.45. The van der Waals surface area contributed by atoms with Crippen LogP contribution in [0, 0.1) is 0 Å². The number of nitrogens with zero attached hydrogens (tertiary/aromatic N) is 1. The van der Waals surface area contributed by atoms with E-state index in [1.165, 1.54) is 0 Å². The maximum Gasteiger partial charge on any atom is 0.315 e. The van der Waals surface area contributed by atoms with Crippen LogP contribution in [0.4, 0.5) is 4.79 Å². The van der Waals surface area contributed by atoms with Crippen molar-refractivity contribution in [1.29, 1.82) is 0 Å². The van der Waals surface area contributed by atoms with Gasteiger partial charge in [-0.2, -0.15) is 0 Å². The molecule has 1 atom stereocenters. The Bertz CT molecular complexity index is 202. The summed E-state index contributed by atoms with van der Waals surface area (Å²) < 4.78 is 0. The molecule has 0 aliphatic carbocycles. The van der Waals surface area contributed by atoms with Crippen molar-refractivity contribution in [2.75, 3.05) is 26.7 Å². The van der Waals surface area contributed by atoms with Crippen molar-refractivity contribution in [2.45, 2.75) is 18.4 Å². The van der Waals surface area contributed by atoms with Gasteiger partial charge in [0.15, 0.2) is 0 Å². The summed E-state index contributed by atoms with van der Waals surface area (Å²) in [6.07, 6.45) is 2.15. The molecule has 1 unspecified atom stereocenters. The lowest BCUT2D eigenvalue weighted by Gasteiger charge is -2.34. The first kappa shape index (κ1) is 7.86. The van der Waals surface area contributed by atoms with Crippen molar-refractivity contribution in [3.63, 3.8) is 0 Å². The second-order valence-electron chi connectivity index (χ2n) is 3.90. The highest BCUT2D eigenvalue weighted by molar-refractivity contribution is 5.75. The lowest BCUT2D eigenvalue weighted by atomic mass is 9.93. The van der Waals surface area contributed by atoms with Gasteiger partial charge in [-0.05, 0) is 19.9 Å². The van der Waals surface area contributed by atoms with Crippen LogP contribution in [0.25, 0.3) is 0 Å². The number of nitrogens with one attached hydrogen (secondary N) is 2. The minimum absolute atomic E-state index is 0.00319. The lowest BCUT2D eigenvalue weighted by Crippen LogP contribution is -2.59. The van der Waals surface area contributed by atoms with Gasteiger partial charge in [0.2, 0.25) is 0 Å². The molecule has 4 nitrogen and oxygen atoms in total. The van der Waals surface area contributed by atoms with Gasteiger partial charge in [-0.1, -0.05) is 0 Å². The molecule has 2 saturated heterocycles. The number of rotatable bonds is 0. The van der Waals surface area contributed by atoms with Crippen LogP contribution in [-0.2, 0) is 0 Å². The van der Waals surface area contributed by atoms with Gasteiger partial charge in [0.1, 0.15) is 0 Å². The summed E-state index contributed by atoms with van der Waals surface area (Å²) in [6, 6.07) is -0.00319. The van der Waals surface area contributed by atoms with Gasteiger partial charge in [-0.3, -0.25) is 0 Å². The fourth-order valence-corrected chi connectivity index (χ4v) is 2.15. The zero-order valence-electron chi connectivity index (χ0n) is 7.39. The summed E-state index contributed by atoms with van der Waals surface area (Å²) in [7, 11) is 2.10. The van der Waals surface area contributed by atoms with Crippen LogP contribution in [0.15, 0.2) is 0 Å². The van der Waals surface area contributed by atoms with E-state index >= 15 is 0 Å². The molecule has 4 heteroatoms. The molecule has 1 spiro atoms. The van der Waals surface area contributed by atoms with Gasteiger partial charge in [-0.15, -0.1) is 0 Å². The van der Waals surface area contributed by atoms with Crippen molar-refractivity contribution in [2.24, 2.45) is 0 Å². The monoisotopic (exact) mass is 169 g/mol. The molecule has 2 amide bonds. The van der Waals surface area contributed by atoms with E-state index in [1.807, 2.05) is 0 Å². The first-order chi connectivity index (χ1) is 5.70. The van der Waals surface area contributed by atoms with Crippen LogP contribution in [-0.4, -0.2) is 43.2 Å². The lowest BCUT2D eigenvalue weighted by molar-refractivity contribution is 0.206. The number of likely N-dealkylation sites (tertiary alicyclic amines) is 1. The quantitative estimate of drug-likeness (QED) is 0.526. The summed E-state index contributed by atoms with van der Waals surface area (Å²) in [6.45, 7) is 2.92. The van der Waals surface area contributed by atoms with Crippen LogP contribution in [0.5, 0.6) is 0 Å². The fourth-order valence-electron chi connectivity index (χ4n) is 2.15. The predicted octanol–water partition coefficient (Wildman–Crippen LogP) is -0.236. The summed E-state index contributed by atoms with van der Waals surface area (Å²) in [5.41, 5.74) is 0.0804. The zero-order chi connectivity index (χ0) is 8.60. The molecule has 2 heterocycles. The standard InChI is InChI=1S/C8H15N3O/c1-11-5-3-8(6-11)2-4-9-7(12)10-8/h2-6H2,1H3,(H2,9,10,12). The summed E-state index contributed by atoms with van der Waals surface area (Å²) in [5.74, 6) is 0. The number of hydrogen-bond donors (Lipinski definition) is 2. The summed E-state index contributed by atoms with van der Waals surface area (Å²) >= 11 is 0. The predicted molar refractivity (Wildman–Crippen MR) is 46.0 cm³/mol. The third-order valence-corrected chi connectivity index (χ3v) is 2.81. The minimum Gasteiger partial charge on any atom is -0.338 e. The molecule has 2 aliphatic heterocycles. The molecule has 2 rings (SSSR count). The van der Waals surface area contributed by atoms with E-state index in [2.05, 4.69) is 22.6 Å². The number of likely N-dealkylation sites (N-methyl/N-ethyl adjacent to an activating group) is 1. The number of carbonyl (C=O) groups is 1. The highest BCUT2D eigenvalue weighted by Gasteiger charge is 2.39. The molecule has 2 N–H and O–H groups in total. The largest absolute Gasteiger partial charge is 0.338 e. The van der Waals surface area contributed by atoms with Gasteiger partial charge < -0.3 is 15.5 Å². The second-order valence-corrected chi connectivity index (χ2v) is 3.90. The first-order valence-electron chi connectivity index (χ1n) is 4.45. The molecule has 12 heavy (non-hydrogen) atoms. The Balaban J connectivity index is 2.05. The van der Waals surface area contributed by atoms with Gasteiger partial charge in [0, 0.05) is 19.6 Å². The molecule has 0 saturated carbocycles. The van der Waals surface area contributed by atoms with Crippen molar-refractivity contribution in [3.05, 3.63) is 0 Å². The maximum atomic E-state index is 11.1. The van der Waals surface area contributed by atoms with Crippen molar-refractivity contribution in [3.8, 4) is 0 Å². The van der Waals surface area contributed by atoms with E-state index in [4.69, 9.17) is 0 Å². The SMILES string of the molecule is CN1CCC2(CCNC(=O)N2)C1. The Kier molecular flexibility index (Phi) is 1.72. The van der Waals surface area contributed by atoms with Crippen molar-refractivity contribution in [1.82, 2.24) is 15.5 Å². The molecule has 0 aromatic heterocycles. The van der Waals surface area contributed by atoms with E-state index in [0.29, 0.717) is 0 Å². The Hall–Kier alpha value is -0.770. The van der Waals surface area contributed by atoms with E-state index < -0.39 is 0 Å². The van der Waals surface area contributed by atoms with E-state index in [1.54, 1.807) is 0 Å².